The molecule has 0 spiro atoms. The standard InChI is InChI=1S/C19H37N3O2/c1-6-7-8-9-10-11-12-21-14-16-22(15-13-20(5)17-21)18(23)24-19(2,3)4/h6H,1,7-17H2,2-5H3. The van der Waals surface area contributed by atoms with Crippen LogP contribution in [0.5, 0.6) is 0 Å². The summed E-state index contributed by atoms with van der Waals surface area (Å²) < 4.78 is 5.52. The Labute approximate surface area is 148 Å². The number of amides is 1. The maximum atomic E-state index is 12.3. The first-order chi connectivity index (χ1) is 11.3. The summed E-state index contributed by atoms with van der Waals surface area (Å²) in [4.78, 5) is 18.9. The molecule has 1 fully saturated rings. The van der Waals surface area contributed by atoms with Crippen LogP contribution in [-0.4, -0.2) is 72.8 Å². The van der Waals surface area contributed by atoms with E-state index in [1.807, 2.05) is 31.7 Å². The number of ether oxygens (including phenoxy) is 1. The third kappa shape index (κ3) is 9.28. The molecule has 0 aromatic carbocycles. The summed E-state index contributed by atoms with van der Waals surface area (Å²) in [6, 6.07) is 0. The number of unbranched alkanes of at least 4 members (excludes halogenated alkanes) is 4. The van der Waals surface area contributed by atoms with Crippen LogP contribution in [0.4, 0.5) is 4.79 Å². The summed E-state index contributed by atoms with van der Waals surface area (Å²) in [5, 5.41) is 0. The quantitative estimate of drug-likeness (QED) is 0.525. The van der Waals surface area contributed by atoms with E-state index in [0.717, 1.165) is 45.8 Å². The maximum Gasteiger partial charge on any atom is 0.410 e. The molecule has 1 saturated heterocycles. The fourth-order valence-electron chi connectivity index (χ4n) is 2.82. The van der Waals surface area contributed by atoms with E-state index in [1.165, 1.54) is 25.7 Å². The second kappa shape index (κ2) is 10.7. The van der Waals surface area contributed by atoms with Gasteiger partial charge in [0.25, 0.3) is 0 Å². The zero-order chi connectivity index (χ0) is 18.0. The number of carbonyl (C=O) groups excluding carboxylic acids is 1. The molecule has 0 aromatic heterocycles. The SMILES string of the molecule is C=CCCCCCCN1CCN(C(=O)OC(C)(C)C)CCN(C)C1. The monoisotopic (exact) mass is 339 g/mol. The molecule has 140 valence electrons. The van der Waals surface area contributed by atoms with Crippen molar-refractivity contribution in [2.75, 3.05) is 46.4 Å². The minimum absolute atomic E-state index is 0.192. The molecular weight excluding hydrogens is 302 g/mol. The lowest BCUT2D eigenvalue weighted by atomic mass is 10.1. The van der Waals surface area contributed by atoms with Crippen molar-refractivity contribution in [3.05, 3.63) is 12.7 Å². The van der Waals surface area contributed by atoms with Crippen LogP contribution in [0.25, 0.3) is 0 Å². The van der Waals surface area contributed by atoms with Crippen LogP contribution < -0.4 is 0 Å². The molecule has 0 atom stereocenters. The molecular formula is C19H37N3O2. The molecule has 1 aliphatic rings. The first-order valence-electron chi connectivity index (χ1n) is 9.31. The number of nitrogens with zero attached hydrogens (tertiary/aromatic N) is 3. The van der Waals surface area contributed by atoms with Crippen LogP contribution in [0.2, 0.25) is 0 Å². The molecule has 0 aliphatic carbocycles. The lowest BCUT2D eigenvalue weighted by molar-refractivity contribution is 0.0144. The van der Waals surface area contributed by atoms with E-state index >= 15 is 0 Å². The average Bonchev–Trinajstić information content (AvgIpc) is 2.46. The van der Waals surface area contributed by atoms with E-state index in [9.17, 15) is 4.79 Å². The fourth-order valence-corrected chi connectivity index (χ4v) is 2.82. The molecule has 1 rings (SSSR count). The lowest BCUT2D eigenvalue weighted by Gasteiger charge is -2.35. The number of carbonyl (C=O) groups is 1. The van der Waals surface area contributed by atoms with Crippen LogP contribution in [-0.2, 0) is 4.74 Å². The van der Waals surface area contributed by atoms with E-state index in [0.29, 0.717) is 0 Å². The topological polar surface area (TPSA) is 36.0 Å². The van der Waals surface area contributed by atoms with E-state index in [1.54, 1.807) is 0 Å². The highest BCUT2D eigenvalue weighted by molar-refractivity contribution is 5.68. The second-order valence-electron chi connectivity index (χ2n) is 7.80. The molecule has 0 bridgehead atoms. The van der Waals surface area contributed by atoms with Gasteiger partial charge in [0.05, 0.1) is 6.67 Å². The minimum Gasteiger partial charge on any atom is -0.444 e. The molecule has 0 aromatic rings. The van der Waals surface area contributed by atoms with Crippen molar-refractivity contribution < 1.29 is 9.53 Å². The van der Waals surface area contributed by atoms with Crippen molar-refractivity contribution in [2.45, 2.75) is 58.5 Å². The van der Waals surface area contributed by atoms with Gasteiger partial charge >= 0.3 is 6.09 Å². The fraction of sp³-hybridized carbons (Fsp3) is 0.842. The molecule has 0 radical (unpaired) electrons. The largest absolute Gasteiger partial charge is 0.444 e. The average molecular weight is 340 g/mol. The van der Waals surface area contributed by atoms with Gasteiger partial charge in [-0.15, -0.1) is 6.58 Å². The maximum absolute atomic E-state index is 12.3. The Morgan fingerprint density at radius 2 is 1.75 bits per heavy atom. The number of hydrogen-bond acceptors (Lipinski definition) is 4. The summed E-state index contributed by atoms with van der Waals surface area (Å²) in [5.74, 6) is 0. The zero-order valence-electron chi connectivity index (χ0n) is 16.2. The highest BCUT2D eigenvalue weighted by atomic mass is 16.6. The van der Waals surface area contributed by atoms with Gasteiger partial charge in [0, 0.05) is 26.2 Å². The third-order valence-corrected chi connectivity index (χ3v) is 4.16. The van der Waals surface area contributed by atoms with Gasteiger partial charge in [-0.25, -0.2) is 4.79 Å². The molecule has 24 heavy (non-hydrogen) atoms. The zero-order valence-corrected chi connectivity index (χ0v) is 16.2. The molecule has 1 amide bonds. The van der Waals surface area contributed by atoms with Crippen molar-refractivity contribution in [1.82, 2.24) is 14.7 Å². The van der Waals surface area contributed by atoms with Crippen molar-refractivity contribution in [1.29, 1.82) is 0 Å². The van der Waals surface area contributed by atoms with Gasteiger partial charge in [0.15, 0.2) is 0 Å². The Morgan fingerprint density at radius 1 is 1.08 bits per heavy atom. The van der Waals surface area contributed by atoms with Crippen molar-refractivity contribution in [3.63, 3.8) is 0 Å². The number of rotatable bonds is 7. The Kier molecular flexibility index (Phi) is 9.37. The second-order valence-corrected chi connectivity index (χ2v) is 7.80. The molecule has 0 N–H and O–H groups in total. The molecule has 0 unspecified atom stereocenters. The van der Waals surface area contributed by atoms with Crippen molar-refractivity contribution in [2.24, 2.45) is 0 Å². The smallest absolute Gasteiger partial charge is 0.410 e. The predicted molar refractivity (Wildman–Crippen MR) is 100 cm³/mol. The van der Waals surface area contributed by atoms with Gasteiger partial charge in [0.1, 0.15) is 5.60 Å². The first kappa shape index (κ1) is 21.0. The Balaban J connectivity index is 2.39. The molecule has 5 nitrogen and oxygen atoms in total. The van der Waals surface area contributed by atoms with Gasteiger partial charge in [-0.2, -0.15) is 0 Å². The number of hydrogen-bond donors (Lipinski definition) is 0. The van der Waals surface area contributed by atoms with E-state index in [-0.39, 0.29) is 6.09 Å². The molecule has 1 heterocycles. The summed E-state index contributed by atoms with van der Waals surface area (Å²) in [6.45, 7) is 14.9. The first-order valence-corrected chi connectivity index (χ1v) is 9.31. The summed E-state index contributed by atoms with van der Waals surface area (Å²) in [7, 11) is 2.12. The highest BCUT2D eigenvalue weighted by Gasteiger charge is 2.24. The summed E-state index contributed by atoms with van der Waals surface area (Å²) in [5.41, 5.74) is -0.434. The summed E-state index contributed by atoms with van der Waals surface area (Å²) >= 11 is 0. The molecule has 5 heteroatoms. The molecule has 0 saturated carbocycles. The van der Waals surface area contributed by atoms with Gasteiger partial charge in [-0.1, -0.05) is 18.9 Å². The van der Waals surface area contributed by atoms with Crippen LogP contribution >= 0.6 is 0 Å². The molecule has 1 aliphatic heterocycles. The lowest BCUT2D eigenvalue weighted by Crippen LogP contribution is -2.50. The van der Waals surface area contributed by atoms with Crippen LogP contribution in [0.15, 0.2) is 12.7 Å². The van der Waals surface area contributed by atoms with Crippen molar-refractivity contribution in [3.8, 4) is 0 Å². The summed E-state index contributed by atoms with van der Waals surface area (Å²) in [6.07, 6.45) is 7.94. The number of likely N-dealkylation sites (N-methyl/N-ethyl adjacent to an activating group) is 1. The Bertz CT molecular complexity index is 379. The van der Waals surface area contributed by atoms with Gasteiger partial charge in [-0.05, 0) is 53.6 Å². The predicted octanol–water partition coefficient (Wildman–Crippen LogP) is 3.56. The van der Waals surface area contributed by atoms with Crippen LogP contribution in [0.3, 0.4) is 0 Å². The van der Waals surface area contributed by atoms with Crippen LogP contribution in [0, 0.1) is 0 Å². The third-order valence-electron chi connectivity index (χ3n) is 4.16. The highest BCUT2D eigenvalue weighted by Crippen LogP contribution is 2.12. The number of allylic oxidation sites excluding steroid dienone is 1. The minimum atomic E-state index is -0.434. The van der Waals surface area contributed by atoms with E-state index < -0.39 is 5.60 Å². The Hall–Kier alpha value is -1.07. The van der Waals surface area contributed by atoms with Gasteiger partial charge < -0.3 is 9.64 Å². The Morgan fingerprint density at radius 3 is 2.42 bits per heavy atom. The van der Waals surface area contributed by atoms with E-state index in [2.05, 4.69) is 23.4 Å². The normalized spacial score (nSPS) is 18.1. The van der Waals surface area contributed by atoms with Gasteiger partial charge in [-0.3, -0.25) is 9.80 Å². The van der Waals surface area contributed by atoms with Gasteiger partial charge in [0.2, 0.25) is 0 Å². The van der Waals surface area contributed by atoms with E-state index in [4.69, 9.17) is 4.74 Å². The van der Waals surface area contributed by atoms with Crippen molar-refractivity contribution >= 4 is 6.09 Å². The van der Waals surface area contributed by atoms with Crippen LogP contribution in [0.1, 0.15) is 52.9 Å².